The van der Waals surface area contributed by atoms with Crippen LogP contribution in [0.15, 0.2) is 57.7 Å². The molecule has 7 heteroatoms. The average molecular weight is 346 g/mol. The van der Waals surface area contributed by atoms with E-state index >= 15 is 0 Å². The van der Waals surface area contributed by atoms with Gasteiger partial charge in [-0.3, -0.25) is 4.57 Å². The number of benzene rings is 2. The summed E-state index contributed by atoms with van der Waals surface area (Å²) in [6, 6.07) is 14.6. The molecule has 1 aromatic heterocycles. The predicted molar refractivity (Wildman–Crippen MR) is 92.2 cm³/mol. The number of rotatable bonds is 6. The highest BCUT2D eigenvalue weighted by atomic mass is 32.2. The van der Waals surface area contributed by atoms with Gasteiger partial charge in [0.05, 0.1) is 11.3 Å². The molecule has 0 aliphatic carbocycles. The molecule has 6 nitrogen and oxygen atoms in total. The summed E-state index contributed by atoms with van der Waals surface area (Å²) < 4.78 is 33.3. The highest BCUT2D eigenvalue weighted by Crippen LogP contribution is 2.14. The van der Waals surface area contributed by atoms with Gasteiger partial charge in [0.15, 0.2) is 5.58 Å². The van der Waals surface area contributed by atoms with Crippen molar-refractivity contribution >= 4 is 21.1 Å². The fraction of sp³-hybridized carbons (Fsp3) is 0.235. The molecule has 0 spiro atoms. The molecule has 0 radical (unpaired) electrons. The highest BCUT2D eigenvalue weighted by Gasteiger charge is 2.12. The second-order valence-corrected chi connectivity index (χ2v) is 7.53. The molecule has 1 heterocycles. The summed E-state index contributed by atoms with van der Waals surface area (Å²) in [5, 5.41) is 0. The minimum Gasteiger partial charge on any atom is -0.408 e. The van der Waals surface area contributed by atoms with Crippen LogP contribution in [-0.4, -0.2) is 18.7 Å². The second kappa shape index (κ2) is 6.62. The molecule has 0 saturated carbocycles. The molecule has 0 saturated heterocycles. The molecule has 0 amide bonds. The lowest BCUT2D eigenvalue weighted by Crippen LogP contribution is -2.26. The zero-order valence-electron chi connectivity index (χ0n) is 13.2. The molecule has 0 fully saturated rings. The van der Waals surface area contributed by atoms with Gasteiger partial charge in [0.1, 0.15) is 0 Å². The second-order valence-electron chi connectivity index (χ2n) is 5.60. The first-order valence-electron chi connectivity index (χ1n) is 7.54. The van der Waals surface area contributed by atoms with Crippen molar-refractivity contribution in [3.63, 3.8) is 0 Å². The molecule has 2 aromatic carbocycles. The number of nitrogens with zero attached hydrogens (tertiary/aromatic N) is 1. The maximum absolute atomic E-state index is 12.1. The molecule has 0 atom stereocenters. The summed E-state index contributed by atoms with van der Waals surface area (Å²) >= 11 is 0. The van der Waals surface area contributed by atoms with Gasteiger partial charge in [0, 0.05) is 13.6 Å². The van der Waals surface area contributed by atoms with Gasteiger partial charge in [-0.25, -0.2) is 17.9 Å². The lowest BCUT2D eigenvalue weighted by atomic mass is 10.2. The van der Waals surface area contributed by atoms with E-state index < -0.39 is 15.8 Å². The summed E-state index contributed by atoms with van der Waals surface area (Å²) in [5.41, 5.74) is 2.87. The molecule has 0 aliphatic heterocycles. The van der Waals surface area contributed by atoms with Crippen LogP contribution in [0.2, 0.25) is 0 Å². The Labute approximate surface area is 139 Å². The summed E-state index contributed by atoms with van der Waals surface area (Å²) in [6.07, 6.45) is 0.464. The maximum atomic E-state index is 12.1. The molecule has 1 N–H and O–H groups in total. The Balaban J connectivity index is 1.66. The first-order chi connectivity index (χ1) is 11.4. The summed E-state index contributed by atoms with van der Waals surface area (Å²) in [6.45, 7) is 0.173. The quantitative estimate of drug-likeness (QED) is 0.738. The van der Waals surface area contributed by atoms with E-state index in [0.717, 1.165) is 11.1 Å². The van der Waals surface area contributed by atoms with Gasteiger partial charge < -0.3 is 4.42 Å². The molecule has 126 valence electrons. The minimum absolute atomic E-state index is 0.0312. The van der Waals surface area contributed by atoms with Crippen LogP contribution >= 0.6 is 0 Å². The Morgan fingerprint density at radius 3 is 2.58 bits per heavy atom. The van der Waals surface area contributed by atoms with Crippen molar-refractivity contribution in [2.24, 2.45) is 7.05 Å². The number of aromatic nitrogens is 1. The van der Waals surface area contributed by atoms with Crippen molar-refractivity contribution in [2.75, 3.05) is 5.75 Å². The number of hydrogen-bond acceptors (Lipinski definition) is 4. The fourth-order valence-corrected chi connectivity index (χ4v) is 3.48. The van der Waals surface area contributed by atoms with Gasteiger partial charge >= 0.3 is 5.76 Å². The van der Waals surface area contributed by atoms with Gasteiger partial charge in [-0.05, 0) is 29.7 Å². The molecule has 3 rings (SSSR count). The predicted octanol–water partition coefficient (Wildman–Crippen LogP) is 1.79. The number of oxazole rings is 1. The highest BCUT2D eigenvalue weighted by molar-refractivity contribution is 7.89. The van der Waals surface area contributed by atoms with Gasteiger partial charge in [-0.1, -0.05) is 36.4 Å². The monoisotopic (exact) mass is 346 g/mol. The third-order valence-corrected chi connectivity index (χ3v) is 5.18. The Hall–Kier alpha value is -2.38. The fourth-order valence-electron chi connectivity index (χ4n) is 2.44. The number of fused-ring (bicyclic) bond motifs is 1. The third-order valence-electron chi connectivity index (χ3n) is 3.85. The van der Waals surface area contributed by atoms with E-state index in [9.17, 15) is 13.2 Å². The molecule has 0 bridgehead atoms. The Kier molecular flexibility index (Phi) is 4.55. The number of nitrogens with one attached hydrogen (secondary N) is 1. The van der Waals surface area contributed by atoms with Crippen LogP contribution in [0.5, 0.6) is 0 Å². The van der Waals surface area contributed by atoms with Crippen LogP contribution in [-0.2, 0) is 30.0 Å². The molecule has 3 aromatic rings. The van der Waals surface area contributed by atoms with Crippen molar-refractivity contribution < 1.29 is 12.8 Å². The van der Waals surface area contributed by atoms with Crippen LogP contribution < -0.4 is 10.5 Å². The van der Waals surface area contributed by atoms with Crippen molar-refractivity contribution in [3.05, 3.63) is 70.2 Å². The van der Waals surface area contributed by atoms with Gasteiger partial charge in [-0.15, -0.1) is 0 Å². The van der Waals surface area contributed by atoms with Gasteiger partial charge in [-0.2, -0.15) is 0 Å². The molecule has 0 aliphatic rings. The van der Waals surface area contributed by atoms with E-state index in [1.807, 2.05) is 30.3 Å². The number of aryl methyl sites for hydroxylation is 2. The molecular weight excluding hydrogens is 328 g/mol. The summed E-state index contributed by atoms with van der Waals surface area (Å²) in [4.78, 5) is 11.5. The zero-order valence-corrected chi connectivity index (χ0v) is 14.0. The molecule has 0 unspecified atom stereocenters. The number of sulfonamides is 1. The smallest absolute Gasteiger partial charge is 0.408 e. The van der Waals surface area contributed by atoms with Crippen molar-refractivity contribution in [1.82, 2.24) is 9.29 Å². The largest absolute Gasteiger partial charge is 0.419 e. The molecular formula is C17H18N2O4S. The summed E-state index contributed by atoms with van der Waals surface area (Å²) in [5.74, 6) is -0.408. The SMILES string of the molecule is Cn1c(=O)oc2ccc(CNS(=O)(=O)CCc3ccccc3)cc21. The number of hydrogen-bond donors (Lipinski definition) is 1. The topological polar surface area (TPSA) is 81.3 Å². The van der Waals surface area contributed by atoms with Crippen molar-refractivity contribution in [2.45, 2.75) is 13.0 Å². The average Bonchev–Trinajstić information content (AvgIpc) is 2.87. The van der Waals surface area contributed by atoms with Gasteiger partial charge in [0.2, 0.25) is 10.0 Å². The van der Waals surface area contributed by atoms with Crippen LogP contribution in [0.25, 0.3) is 11.1 Å². The summed E-state index contributed by atoms with van der Waals surface area (Å²) in [7, 11) is -1.77. The first kappa shape index (κ1) is 16.5. The van der Waals surface area contributed by atoms with Gasteiger partial charge in [0.25, 0.3) is 0 Å². The van der Waals surface area contributed by atoms with Crippen LogP contribution in [0.4, 0.5) is 0 Å². The van der Waals surface area contributed by atoms with Crippen molar-refractivity contribution in [3.8, 4) is 0 Å². The van der Waals surface area contributed by atoms with Crippen LogP contribution in [0.3, 0.4) is 0 Å². The first-order valence-corrected chi connectivity index (χ1v) is 9.19. The Morgan fingerprint density at radius 1 is 1.08 bits per heavy atom. The Bertz CT molecular complexity index is 1000. The maximum Gasteiger partial charge on any atom is 0.419 e. The zero-order chi connectivity index (χ0) is 17.2. The normalized spacial score (nSPS) is 11.9. The van der Waals surface area contributed by atoms with E-state index in [0.29, 0.717) is 17.5 Å². The third kappa shape index (κ3) is 3.74. The van der Waals surface area contributed by atoms with Crippen LogP contribution in [0.1, 0.15) is 11.1 Å². The lowest BCUT2D eigenvalue weighted by molar-refractivity contribution is 0.528. The van der Waals surface area contributed by atoms with E-state index in [1.54, 1.807) is 25.2 Å². The van der Waals surface area contributed by atoms with E-state index in [-0.39, 0.29) is 12.3 Å². The van der Waals surface area contributed by atoms with E-state index in [2.05, 4.69) is 4.72 Å². The lowest BCUT2D eigenvalue weighted by Gasteiger charge is -2.07. The van der Waals surface area contributed by atoms with E-state index in [1.165, 1.54) is 4.57 Å². The Morgan fingerprint density at radius 2 is 1.83 bits per heavy atom. The minimum atomic E-state index is -3.38. The van der Waals surface area contributed by atoms with E-state index in [4.69, 9.17) is 4.42 Å². The standard InChI is InChI=1S/C17H18N2O4S/c1-19-15-11-14(7-8-16(15)23-17(19)20)12-18-24(21,22)10-9-13-5-3-2-4-6-13/h2-8,11,18H,9-10,12H2,1H3. The van der Waals surface area contributed by atoms with Crippen LogP contribution in [0, 0.1) is 0 Å². The van der Waals surface area contributed by atoms with Crippen molar-refractivity contribution in [1.29, 1.82) is 0 Å². The molecule has 24 heavy (non-hydrogen) atoms.